The quantitative estimate of drug-likeness (QED) is 0.851. The van der Waals surface area contributed by atoms with E-state index in [1.807, 2.05) is 0 Å². The number of furan rings is 1. The van der Waals surface area contributed by atoms with Crippen LogP contribution in [0.1, 0.15) is 42.0 Å². The molecule has 2 rings (SSSR count). The average molecular weight is 292 g/mol. The zero-order valence-corrected chi connectivity index (χ0v) is 10.9. The summed E-state index contributed by atoms with van der Waals surface area (Å²) in [4.78, 5) is 11.3. The van der Waals surface area contributed by atoms with Crippen molar-refractivity contribution in [3.8, 4) is 0 Å². The van der Waals surface area contributed by atoms with E-state index in [2.05, 4.69) is 4.74 Å². The number of rotatable bonds is 2. The highest BCUT2D eigenvalue weighted by Crippen LogP contribution is 2.46. The maximum atomic E-state index is 12.8. The number of alkyl halides is 3. The fourth-order valence-corrected chi connectivity index (χ4v) is 2.55. The lowest BCUT2D eigenvalue weighted by Crippen LogP contribution is -2.38. The van der Waals surface area contributed by atoms with Crippen LogP contribution >= 0.6 is 0 Å². The molecule has 0 bridgehead atoms. The molecule has 1 aliphatic rings. The highest BCUT2D eigenvalue weighted by molar-refractivity contribution is 5.86. The minimum Gasteiger partial charge on any atom is -0.463 e. The number of aliphatic hydroxyl groups is 1. The van der Waals surface area contributed by atoms with E-state index in [0.717, 1.165) is 0 Å². The fraction of sp³-hybridized carbons (Fsp3) is 0.615. The molecule has 112 valence electrons. The monoisotopic (exact) mass is 292 g/mol. The van der Waals surface area contributed by atoms with Gasteiger partial charge in [-0.15, -0.1) is 0 Å². The number of halogens is 3. The summed E-state index contributed by atoms with van der Waals surface area (Å²) < 4.78 is 47.9. The van der Waals surface area contributed by atoms with Crippen LogP contribution in [0.4, 0.5) is 13.2 Å². The van der Waals surface area contributed by atoms with Gasteiger partial charge in [0.05, 0.1) is 13.0 Å². The summed E-state index contributed by atoms with van der Waals surface area (Å²) in [5, 5.41) is 10.4. The third-order valence-corrected chi connectivity index (χ3v) is 3.64. The molecule has 0 radical (unpaired) electrons. The summed E-state index contributed by atoms with van der Waals surface area (Å²) in [6, 6.07) is 2.61. The molecule has 1 aromatic heterocycles. The van der Waals surface area contributed by atoms with Gasteiger partial charge < -0.3 is 14.3 Å². The summed E-state index contributed by atoms with van der Waals surface area (Å²) in [5.41, 5.74) is -1.69. The highest BCUT2D eigenvalue weighted by atomic mass is 19.4. The van der Waals surface area contributed by atoms with Crippen molar-refractivity contribution in [1.29, 1.82) is 0 Å². The third-order valence-electron chi connectivity index (χ3n) is 3.64. The predicted molar refractivity (Wildman–Crippen MR) is 62.0 cm³/mol. The lowest BCUT2D eigenvalue weighted by molar-refractivity contribution is -0.203. The predicted octanol–water partition coefficient (Wildman–Crippen LogP) is 3.01. The topological polar surface area (TPSA) is 59.7 Å². The van der Waals surface area contributed by atoms with Gasteiger partial charge in [0.15, 0.2) is 0 Å². The molecule has 0 spiro atoms. The van der Waals surface area contributed by atoms with Crippen LogP contribution in [0, 0.1) is 5.92 Å². The Morgan fingerprint density at radius 1 is 1.50 bits per heavy atom. The summed E-state index contributed by atoms with van der Waals surface area (Å²) in [6.45, 7) is 0. The molecular formula is C13H15F3O4. The highest BCUT2D eigenvalue weighted by Gasteiger charge is 2.48. The van der Waals surface area contributed by atoms with Crippen LogP contribution in [0.15, 0.2) is 16.5 Å². The molecule has 0 saturated heterocycles. The van der Waals surface area contributed by atoms with Crippen molar-refractivity contribution in [2.75, 3.05) is 7.11 Å². The minimum absolute atomic E-state index is 0.00359. The first-order valence-corrected chi connectivity index (χ1v) is 6.24. The number of carbonyl (C=O) groups is 1. The zero-order chi connectivity index (χ0) is 15.0. The van der Waals surface area contributed by atoms with Gasteiger partial charge in [0.25, 0.3) is 0 Å². The van der Waals surface area contributed by atoms with Crippen molar-refractivity contribution in [2.45, 2.75) is 37.5 Å². The van der Waals surface area contributed by atoms with E-state index in [1.54, 1.807) is 0 Å². The SMILES string of the molecule is COC(=O)c1ccc(C2(O)CCCC(C(F)(F)F)C2)o1. The molecule has 2 atom stereocenters. The van der Waals surface area contributed by atoms with Gasteiger partial charge in [-0.05, 0) is 37.8 Å². The van der Waals surface area contributed by atoms with Crippen LogP contribution in [0.3, 0.4) is 0 Å². The number of ether oxygens (including phenoxy) is 1. The van der Waals surface area contributed by atoms with Crippen molar-refractivity contribution in [2.24, 2.45) is 5.92 Å². The fourth-order valence-electron chi connectivity index (χ4n) is 2.55. The Hall–Kier alpha value is -1.50. The molecule has 1 aliphatic carbocycles. The van der Waals surface area contributed by atoms with Gasteiger partial charge in [0, 0.05) is 0 Å². The summed E-state index contributed by atoms with van der Waals surface area (Å²) in [5.74, 6) is -2.45. The second kappa shape index (κ2) is 5.12. The standard InChI is InChI=1S/C13H15F3O4/c1-19-11(17)9-4-5-10(20-9)12(18)6-2-3-8(7-12)13(14,15)16/h4-5,8,18H,2-3,6-7H2,1H3. The normalized spacial score (nSPS) is 27.4. The molecule has 1 fully saturated rings. The van der Waals surface area contributed by atoms with E-state index >= 15 is 0 Å². The van der Waals surface area contributed by atoms with Gasteiger partial charge >= 0.3 is 12.1 Å². The maximum absolute atomic E-state index is 12.8. The maximum Gasteiger partial charge on any atom is 0.391 e. The molecular weight excluding hydrogens is 277 g/mol. The first kappa shape index (κ1) is 14.9. The van der Waals surface area contributed by atoms with E-state index in [4.69, 9.17) is 4.42 Å². The van der Waals surface area contributed by atoms with Gasteiger partial charge in [-0.3, -0.25) is 0 Å². The Balaban J connectivity index is 2.21. The van der Waals surface area contributed by atoms with Crippen LogP contribution in [0.2, 0.25) is 0 Å². The molecule has 4 nitrogen and oxygen atoms in total. The van der Waals surface area contributed by atoms with Crippen molar-refractivity contribution in [1.82, 2.24) is 0 Å². The second-order valence-electron chi connectivity index (χ2n) is 5.02. The van der Waals surface area contributed by atoms with E-state index in [1.165, 1.54) is 19.2 Å². The van der Waals surface area contributed by atoms with Crippen molar-refractivity contribution in [3.05, 3.63) is 23.7 Å². The van der Waals surface area contributed by atoms with Crippen molar-refractivity contribution in [3.63, 3.8) is 0 Å². The molecule has 1 aromatic rings. The third kappa shape index (κ3) is 2.82. The molecule has 7 heteroatoms. The number of hydrogen-bond donors (Lipinski definition) is 1. The number of hydrogen-bond acceptors (Lipinski definition) is 4. The van der Waals surface area contributed by atoms with Crippen LogP contribution in [0.5, 0.6) is 0 Å². The molecule has 1 N–H and O–H groups in total. The van der Waals surface area contributed by atoms with Gasteiger partial charge in [-0.2, -0.15) is 13.2 Å². The van der Waals surface area contributed by atoms with Gasteiger partial charge in [0.1, 0.15) is 11.4 Å². The van der Waals surface area contributed by atoms with E-state index < -0.39 is 30.1 Å². The van der Waals surface area contributed by atoms with Crippen LogP contribution in [0.25, 0.3) is 0 Å². The lowest BCUT2D eigenvalue weighted by Gasteiger charge is -2.36. The Kier molecular flexibility index (Phi) is 3.82. The van der Waals surface area contributed by atoms with Gasteiger partial charge in [-0.25, -0.2) is 4.79 Å². The molecule has 0 aliphatic heterocycles. The van der Waals surface area contributed by atoms with Gasteiger partial charge in [0.2, 0.25) is 5.76 Å². The molecule has 2 unspecified atom stereocenters. The number of carbonyl (C=O) groups excluding carboxylic acids is 1. The van der Waals surface area contributed by atoms with Crippen molar-refractivity contribution < 1.29 is 32.2 Å². The van der Waals surface area contributed by atoms with E-state index in [-0.39, 0.29) is 30.8 Å². The average Bonchev–Trinajstić information content (AvgIpc) is 2.87. The van der Waals surface area contributed by atoms with E-state index in [9.17, 15) is 23.1 Å². The first-order valence-electron chi connectivity index (χ1n) is 6.24. The molecule has 0 amide bonds. The molecule has 1 heterocycles. The summed E-state index contributed by atoms with van der Waals surface area (Å²) in [6.07, 6.45) is -4.38. The Morgan fingerprint density at radius 3 is 2.80 bits per heavy atom. The molecule has 1 saturated carbocycles. The first-order chi connectivity index (χ1) is 9.26. The minimum atomic E-state index is -4.34. The van der Waals surface area contributed by atoms with Gasteiger partial charge in [-0.1, -0.05) is 0 Å². The smallest absolute Gasteiger partial charge is 0.391 e. The Bertz CT molecular complexity index is 494. The second-order valence-corrected chi connectivity index (χ2v) is 5.02. The van der Waals surface area contributed by atoms with Crippen LogP contribution in [-0.2, 0) is 10.3 Å². The Labute approximate surface area is 113 Å². The van der Waals surface area contributed by atoms with Crippen LogP contribution in [-0.4, -0.2) is 24.4 Å². The largest absolute Gasteiger partial charge is 0.463 e. The zero-order valence-electron chi connectivity index (χ0n) is 10.9. The van der Waals surface area contributed by atoms with Crippen LogP contribution < -0.4 is 0 Å². The summed E-state index contributed by atoms with van der Waals surface area (Å²) in [7, 11) is 1.17. The lowest BCUT2D eigenvalue weighted by atomic mass is 9.76. The molecule has 0 aromatic carbocycles. The number of methoxy groups -OCH3 is 1. The molecule has 20 heavy (non-hydrogen) atoms. The van der Waals surface area contributed by atoms with E-state index in [0.29, 0.717) is 0 Å². The Morgan fingerprint density at radius 2 is 2.20 bits per heavy atom. The number of esters is 1. The summed E-state index contributed by atoms with van der Waals surface area (Å²) >= 11 is 0. The van der Waals surface area contributed by atoms with Crippen molar-refractivity contribution >= 4 is 5.97 Å².